The molecule has 2 rings (SSSR count). The number of para-hydroxylation sites is 2. The van der Waals surface area contributed by atoms with Crippen LogP contribution in [0, 0.1) is 0 Å². The van der Waals surface area contributed by atoms with Crippen LogP contribution >= 0.6 is 0 Å². The summed E-state index contributed by atoms with van der Waals surface area (Å²) in [6, 6.07) is 7.22. The van der Waals surface area contributed by atoms with Gasteiger partial charge >= 0.3 is 0 Å². The molecule has 1 amide bonds. The summed E-state index contributed by atoms with van der Waals surface area (Å²) in [6.45, 7) is 0. The van der Waals surface area contributed by atoms with Crippen molar-refractivity contribution in [1.29, 1.82) is 0 Å². The largest absolute Gasteiger partial charge is 0.494 e. The summed E-state index contributed by atoms with van der Waals surface area (Å²) in [5.41, 5.74) is 11.8. The average Bonchev–Trinajstić information content (AvgIpc) is 2.71. The fourth-order valence-corrected chi connectivity index (χ4v) is 1.54. The van der Waals surface area contributed by atoms with E-state index in [1.54, 1.807) is 19.2 Å². The van der Waals surface area contributed by atoms with Gasteiger partial charge in [0.25, 0.3) is 5.91 Å². The van der Waals surface area contributed by atoms with E-state index in [2.05, 4.69) is 5.10 Å². The minimum Gasteiger partial charge on any atom is -0.494 e. The molecule has 0 aliphatic rings. The molecule has 0 radical (unpaired) electrons. The second-order valence-electron chi connectivity index (χ2n) is 3.39. The minimum absolute atomic E-state index is 0.191. The number of rotatable bonds is 3. The van der Waals surface area contributed by atoms with Crippen LogP contribution in [0.4, 0.5) is 5.82 Å². The monoisotopic (exact) mass is 232 g/mol. The van der Waals surface area contributed by atoms with Crippen molar-refractivity contribution in [2.24, 2.45) is 5.73 Å². The summed E-state index contributed by atoms with van der Waals surface area (Å²) >= 11 is 0. The fourth-order valence-electron chi connectivity index (χ4n) is 1.54. The van der Waals surface area contributed by atoms with Crippen molar-refractivity contribution in [2.45, 2.75) is 0 Å². The van der Waals surface area contributed by atoms with Gasteiger partial charge in [-0.05, 0) is 12.1 Å². The van der Waals surface area contributed by atoms with Crippen LogP contribution in [0.3, 0.4) is 0 Å². The normalized spacial score (nSPS) is 10.2. The fraction of sp³-hybridized carbons (Fsp3) is 0.0909. The van der Waals surface area contributed by atoms with Crippen molar-refractivity contribution in [3.63, 3.8) is 0 Å². The summed E-state index contributed by atoms with van der Waals surface area (Å²) in [4.78, 5) is 11.1. The molecule has 0 aliphatic carbocycles. The molecule has 1 aromatic carbocycles. The van der Waals surface area contributed by atoms with Gasteiger partial charge in [0, 0.05) is 0 Å². The molecular weight excluding hydrogens is 220 g/mol. The molecular formula is C11H12N4O2. The molecule has 0 saturated heterocycles. The molecule has 6 nitrogen and oxygen atoms in total. The second-order valence-corrected chi connectivity index (χ2v) is 3.39. The van der Waals surface area contributed by atoms with Crippen LogP contribution in [-0.2, 0) is 0 Å². The van der Waals surface area contributed by atoms with Gasteiger partial charge in [-0.2, -0.15) is 5.10 Å². The van der Waals surface area contributed by atoms with Gasteiger partial charge in [-0.3, -0.25) is 4.79 Å². The Morgan fingerprint density at radius 1 is 1.41 bits per heavy atom. The summed E-state index contributed by atoms with van der Waals surface area (Å²) < 4.78 is 6.61. The molecule has 88 valence electrons. The number of methoxy groups -OCH3 is 1. The molecule has 1 aromatic heterocycles. The first-order valence-electron chi connectivity index (χ1n) is 4.92. The molecule has 2 aromatic rings. The van der Waals surface area contributed by atoms with E-state index in [1.165, 1.54) is 10.9 Å². The number of aromatic nitrogens is 2. The zero-order chi connectivity index (χ0) is 12.4. The molecule has 0 spiro atoms. The summed E-state index contributed by atoms with van der Waals surface area (Å²) in [6.07, 6.45) is 1.34. The Bertz CT molecular complexity index is 562. The number of hydrogen-bond donors (Lipinski definition) is 2. The lowest BCUT2D eigenvalue weighted by Gasteiger charge is -2.09. The molecule has 4 N–H and O–H groups in total. The highest BCUT2D eigenvalue weighted by Crippen LogP contribution is 2.25. The number of amides is 1. The summed E-state index contributed by atoms with van der Waals surface area (Å²) in [7, 11) is 1.55. The second kappa shape index (κ2) is 4.17. The third-order valence-corrected chi connectivity index (χ3v) is 2.39. The molecule has 0 aliphatic heterocycles. The van der Waals surface area contributed by atoms with E-state index in [-0.39, 0.29) is 11.4 Å². The van der Waals surface area contributed by atoms with Crippen molar-refractivity contribution in [1.82, 2.24) is 9.78 Å². The zero-order valence-electron chi connectivity index (χ0n) is 9.25. The molecule has 0 saturated carbocycles. The van der Waals surface area contributed by atoms with E-state index < -0.39 is 5.91 Å². The Morgan fingerprint density at radius 3 is 2.71 bits per heavy atom. The quantitative estimate of drug-likeness (QED) is 0.808. The predicted molar refractivity (Wildman–Crippen MR) is 63.0 cm³/mol. The maximum absolute atomic E-state index is 11.1. The number of carbonyl (C=O) groups is 1. The molecule has 0 fully saturated rings. The zero-order valence-corrected chi connectivity index (χ0v) is 9.25. The average molecular weight is 232 g/mol. The number of carbonyl (C=O) groups excluding carboxylic acids is 1. The first-order valence-corrected chi connectivity index (χ1v) is 4.92. The highest BCUT2D eigenvalue weighted by molar-refractivity contribution is 5.97. The number of primary amides is 1. The van der Waals surface area contributed by atoms with Crippen LogP contribution in [-0.4, -0.2) is 22.8 Å². The van der Waals surface area contributed by atoms with Crippen LogP contribution in [0.15, 0.2) is 30.5 Å². The van der Waals surface area contributed by atoms with Crippen LogP contribution in [0.2, 0.25) is 0 Å². The predicted octanol–water partition coefficient (Wildman–Crippen LogP) is 0.562. The number of nitrogen functional groups attached to an aromatic ring is 1. The number of anilines is 1. The van der Waals surface area contributed by atoms with Gasteiger partial charge in [0.05, 0.1) is 13.3 Å². The van der Waals surface area contributed by atoms with Gasteiger partial charge in [-0.15, -0.1) is 0 Å². The molecule has 17 heavy (non-hydrogen) atoms. The smallest absolute Gasteiger partial charge is 0.254 e. The van der Waals surface area contributed by atoms with Crippen LogP contribution in [0.1, 0.15) is 10.4 Å². The van der Waals surface area contributed by atoms with E-state index in [0.29, 0.717) is 11.4 Å². The van der Waals surface area contributed by atoms with E-state index >= 15 is 0 Å². The Kier molecular flexibility index (Phi) is 2.70. The number of nitrogens with two attached hydrogens (primary N) is 2. The van der Waals surface area contributed by atoms with E-state index in [4.69, 9.17) is 16.2 Å². The third-order valence-electron chi connectivity index (χ3n) is 2.39. The molecule has 6 heteroatoms. The molecule has 0 bridgehead atoms. The number of benzene rings is 1. The lowest BCUT2D eigenvalue weighted by atomic mass is 10.3. The number of hydrogen-bond acceptors (Lipinski definition) is 4. The maximum atomic E-state index is 11.1. The third kappa shape index (κ3) is 1.80. The Morgan fingerprint density at radius 2 is 2.12 bits per heavy atom. The highest BCUT2D eigenvalue weighted by Gasteiger charge is 2.15. The number of nitrogens with zero attached hydrogens (tertiary/aromatic N) is 2. The highest BCUT2D eigenvalue weighted by atomic mass is 16.5. The first kappa shape index (κ1) is 11.0. The van der Waals surface area contributed by atoms with Gasteiger partial charge in [0.1, 0.15) is 22.8 Å². The van der Waals surface area contributed by atoms with Crippen LogP contribution in [0.25, 0.3) is 5.69 Å². The van der Waals surface area contributed by atoms with Crippen LogP contribution in [0.5, 0.6) is 5.75 Å². The van der Waals surface area contributed by atoms with Gasteiger partial charge < -0.3 is 16.2 Å². The Balaban J connectivity index is 2.57. The topological polar surface area (TPSA) is 96.2 Å². The number of ether oxygens (including phenoxy) is 1. The van der Waals surface area contributed by atoms with Gasteiger partial charge in [0.2, 0.25) is 0 Å². The van der Waals surface area contributed by atoms with Crippen molar-refractivity contribution in [2.75, 3.05) is 12.8 Å². The van der Waals surface area contributed by atoms with Crippen molar-refractivity contribution >= 4 is 11.7 Å². The van der Waals surface area contributed by atoms with Crippen molar-refractivity contribution in [3.05, 3.63) is 36.0 Å². The van der Waals surface area contributed by atoms with Gasteiger partial charge in [0.15, 0.2) is 0 Å². The summed E-state index contributed by atoms with van der Waals surface area (Å²) in [5, 5.41) is 4.03. The van der Waals surface area contributed by atoms with Gasteiger partial charge in [-0.25, -0.2) is 4.68 Å². The summed E-state index contributed by atoms with van der Waals surface area (Å²) in [5.74, 6) is 0.198. The Hall–Kier alpha value is -2.50. The van der Waals surface area contributed by atoms with E-state index in [9.17, 15) is 4.79 Å². The first-order chi connectivity index (χ1) is 8.15. The Labute approximate surface area is 97.8 Å². The lowest BCUT2D eigenvalue weighted by molar-refractivity contribution is 0.100. The van der Waals surface area contributed by atoms with Gasteiger partial charge in [-0.1, -0.05) is 12.1 Å². The van der Waals surface area contributed by atoms with E-state index in [1.807, 2.05) is 12.1 Å². The molecule has 0 atom stereocenters. The maximum Gasteiger partial charge on any atom is 0.254 e. The van der Waals surface area contributed by atoms with Crippen LogP contribution < -0.4 is 16.2 Å². The molecule has 1 heterocycles. The van der Waals surface area contributed by atoms with Crippen molar-refractivity contribution < 1.29 is 9.53 Å². The van der Waals surface area contributed by atoms with E-state index in [0.717, 1.165) is 0 Å². The lowest BCUT2D eigenvalue weighted by Crippen LogP contribution is -2.13. The SMILES string of the molecule is COc1ccccc1-n1ncc(C(N)=O)c1N. The van der Waals surface area contributed by atoms with Crippen molar-refractivity contribution in [3.8, 4) is 11.4 Å². The molecule has 0 unspecified atom stereocenters. The minimum atomic E-state index is -0.608. The standard InChI is InChI=1S/C11H12N4O2/c1-17-9-5-3-2-4-8(9)15-10(12)7(6-14-15)11(13)16/h2-6H,12H2,1H3,(H2,13,16).